The van der Waals surface area contributed by atoms with Crippen LogP contribution in [0.1, 0.15) is 39.5 Å². The number of likely N-dealkylation sites (tertiary alicyclic amines) is 1. The Morgan fingerprint density at radius 1 is 1.18 bits per heavy atom. The third kappa shape index (κ3) is 9.36. The number of hydrogen-bond donors (Lipinski definition) is 2. The summed E-state index contributed by atoms with van der Waals surface area (Å²) in [6, 6.07) is 0.687. The molecular weight excluding hydrogens is 509 g/mol. The zero-order chi connectivity index (χ0) is 19.5. The van der Waals surface area contributed by atoms with Crippen molar-refractivity contribution in [3.05, 3.63) is 0 Å². The monoisotopic (exact) mass is 547 g/mol. The van der Waals surface area contributed by atoms with Crippen LogP contribution in [0.4, 0.5) is 0 Å². The molecular formula is C18H38IN5O2S2. The zero-order valence-electron chi connectivity index (χ0n) is 17.4. The van der Waals surface area contributed by atoms with Crippen molar-refractivity contribution < 1.29 is 8.42 Å². The summed E-state index contributed by atoms with van der Waals surface area (Å²) >= 11 is 1.82. The first-order valence-electron chi connectivity index (χ1n) is 10.3. The van der Waals surface area contributed by atoms with E-state index in [1.165, 1.54) is 25.8 Å². The van der Waals surface area contributed by atoms with Gasteiger partial charge in [0.1, 0.15) is 0 Å². The molecule has 166 valence electrons. The van der Waals surface area contributed by atoms with Crippen LogP contribution < -0.4 is 10.6 Å². The van der Waals surface area contributed by atoms with Crippen molar-refractivity contribution in [2.24, 2.45) is 4.99 Å². The second-order valence-corrected chi connectivity index (χ2v) is 10.6. The van der Waals surface area contributed by atoms with Gasteiger partial charge in [0.05, 0.1) is 5.75 Å². The molecule has 0 saturated carbocycles. The van der Waals surface area contributed by atoms with Gasteiger partial charge in [-0.25, -0.2) is 12.7 Å². The van der Waals surface area contributed by atoms with Crippen LogP contribution >= 0.6 is 35.7 Å². The summed E-state index contributed by atoms with van der Waals surface area (Å²) in [5, 5.41) is 6.39. The zero-order valence-corrected chi connectivity index (χ0v) is 21.3. The second-order valence-electron chi connectivity index (χ2n) is 7.25. The molecule has 10 heteroatoms. The Hall–Kier alpha value is 0.220. The van der Waals surface area contributed by atoms with Crippen LogP contribution in [0.5, 0.6) is 0 Å². The van der Waals surface area contributed by atoms with Crippen LogP contribution in [0.3, 0.4) is 0 Å². The summed E-state index contributed by atoms with van der Waals surface area (Å²) in [7, 11) is -3.17. The predicted octanol–water partition coefficient (Wildman–Crippen LogP) is 1.80. The first kappa shape index (κ1) is 26.3. The molecule has 7 nitrogen and oxygen atoms in total. The fourth-order valence-electron chi connectivity index (χ4n) is 3.55. The minimum atomic E-state index is -3.17. The van der Waals surface area contributed by atoms with E-state index in [1.807, 2.05) is 18.7 Å². The van der Waals surface area contributed by atoms with E-state index in [0.717, 1.165) is 37.6 Å². The minimum absolute atomic E-state index is 0. The standard InChI is InChI=1S/C18H37N5O2S2.HI/c1-3-19-18(20-8-6-11-22-10-5-4-7-17(22)2)21-9-16-27(24,25)23-12-14-26-15-13-23;/h17H,3-16H2,1-2H3,(H2,19,20,21);1H. The van der Waals surface area contributed by atoms with Gasteiger partial charge in [0.15, 0.2) is 5.96 Å². The maximum Gasteiger partial charge on any atom is 0.215 e. The van der Waals surface area contributed by atoms with E-state index in [0.29, 0.717) is 31.6 Å². The highest BCUT2D eigenvalue weighted by molar-refractivity contribution is 14.0. The van der Waals surface area contributed by atoms with Crippen LogP contribution in [0.25, 0.3) is 0 Å². The summed E-state index contributed by atoms with van der Waals surface area (Å²) in [5.41, 5.74) is 0. The predicted molar refractivity (Wildman–Crippen MR) is 132 cm³/mol. The number of halogens is 1. The second kappa shape index (κ2) is 14.3. The average Bonchev–Trinajstić information content (AvgIpc) is 2.67. The van der Waals surface area contributed by atoms with E-state index in [9.17, 15) is 8.42 Å². The maximum atomic E-state index is 12.4. The number of sulfonamides is 1. The van der Waals surface area contributed by atoms with Gasteiger partial charge in [0, 0.05) is 56.8 Å². The number of hydrogen-bond acceptors (Lipinski definition) is 5. The summed E-state index contributed by atoms with van der Waals surface area (Å²) in [6.07, 6.45) is 4.99. The summed E-state index contributed by atoms with van der Waals surface area (Å²) in [6.45, 7) is 9.82. The highest BCUT2D eigenvalue weighted by atomic mass is 127. The van der Waals surface area contributed by atoms with Crippen molar-refractivity contribution in [3.8, 4) is 0 Å². The molecule has 0 aliphatic carbocycles. The molecule has 28 heavy (non-hydrogen) atoms. The molecule has 0 aromatic rings. The number of aliphatic imine (C=N–C) groups is 1. The van der Waals surface area contributed by atoms with Crippen molar-refractivity contribution >= 4 is 51.7 Å². The van der Waals surface area contributed by atoms with Gasteiger partial charge in [0.2, 0.25) is 10.0 Å². The highest BCUT2D eigenvalue weighted by Gasteiger charge is 2.23. The quantitative estimate of drug-likeness (QED) is 0.199. The van der Waals surface area contributed by atoms with Crippen LogP contribution in [0.2, 0.25) is 0 Å². The number of guanidine groups is 1. The van der Waals surface area contributed by atoms with E-state index in [-0.39, 0.29) is 29.7 Å². The van der Waals surface area contributed by atoms with Gasteiger partial charge in [-0.15, -0.1) is 24.0 Å². The first-order valence-corrected chi connectivity index (χ1v) is 13.1. The molecule has 2 saturated heterocycles. The number of nitrogens with one attached hydrogen (secondary N) is 2. The Labute approximate surface area is 192 Å². The van der Waals surface area contributed by atoms with Gasteiger partial charge in [0.25, 0.3) is 0 Å². The molecule has 2 aliphatic rings. The molecule has 0 aromatic heterocycles. The number of nitrogens with zero attached hydrogens (tertiary/aromatic N) is 3. The molecule has 2 fully saturated rings. The Morgan fingerprint density at radius 3 is 2.61 bits per heavy atom. The SMILES string of the molecule is CCNC(=NCCCN1CCCCC1C)NCCS(=O)(=O)N1CCSCC1.I. The van der Waals surface area contributed by atoms with E-state index >= 15 is 0 Å². The molecule has 0 aromatic carbocycles. The fourth-order valence-corrected chi connectivity index (χ4v) is 6.04. The molecule has 2 heterocycles. The van der Waals surface area contributed by atoms with Crippen molar-refractivity contribution in [2.75, 3.05) is 63.1 Å². The molecule has 1 atom stereocenters. The lowest BCUT2D eigenvalue weighted by molar-refractivity contribution is 0.160. The lowest BCUT2D eigenvalue weighted by atomic mass is 10.0. The van der Waals surface area contributed by atoms with Crippen LogP contribution in [-0.4, -0.2) is 92.7 Å². The number of rotatable bonds is 9. The van der Waals surface area contributed by atoms with Crippen LogP contribution in [0.15, 0.2) is 4.99 Å². The van der Waals surface area contributed by atoms with Crippen molar-refractivity contribution in [1.82, 2.24) is 19.8 Å². The maximum absolute atomic E-state index is 12.4. The lowest BCUT2D eigenvalue weighted by Gasteiger charge is -2.33. The van der Waals surface area contributed by atoms with Crippen LogP contribution in [-0.2, 0) is 10.0 Å². The van der Waals surface area contributed by atoms with E-state index in [2.05, 4.69) is 27.4 Å². The van der Waals surface area contributed by atoms with Gasteiger partial charge in [-0.05, 0) is 39.7 Å². The fraction of sp³-hybridized carbons (Fsp3) is 0.944. The third-order valence-electron chi connectivity index (χ3n) is 5.17. The Bertz CT molecular complexity index is 556. The van der Waals surface area contributed by atoms with Gasteiger partial charge < -0.3 is 15.5 Å². The molecule has 0 spiro atoms. The average molecular weight is 548 g/mol. The Morgan fingerprint density at radius 2 is 1.93 bits per heavy atom. The van der Waals surface area contributed by atoms with Crippen LogP contribution in [0, 0.1) is 0 Å². The third-order valence-corrected chi connectivity index (χ3v) is 7.99. The largest absolute Gasteiger partial charge is 0.357 e. The van der Waals surface area contributed by atoms with Gasteiger partial charge in [-0.3, -0.25) is 4.99 Å². The van der Waals surface area contributed by atoms with Gasteiger partial charge in [-0.1, -0.05) is 6.42 Å². The number of thioether (sulfide) groups is 1. The molecule has 0 amide bonds. The summed E-state index contributed by atoms with van der Waals surface area (Å²) in [4.78, 5) is 7.17. The van der Waals surface area contributed by atoms with Gasteiger partial charge >= 0.3 is 0 Å². The minimum Gasteiger partial charge on any atom is -0.357 e. The topological polar surface area (TPSA) is 77.0 Å². The molecule has 2 N–H and O–H groups in total. The highest BCUT2D eigenvalue weighted by Crippen LogP contribution is 2.16. The summed E-state index contributed by atoms with van der Waals surface area (Å²) in [5.74, 6) is 2.63. The molecule has 1 unspecified atom stereocenters. The van der Waals surface area contributed by atoms with E-state index in [1.54, 1.807) is 4.31 Å². The Balaban J connectivity index is 0.00000392. The van der Waals surface area contributed by atoms with Crippen molar-refractivity contribution in [2.45, 2.75) is 45.6 Å². The summed E-state index contributed by atoms with van der Waals surface area (Å²) < 4.78 is 26.4. The number of piperidine rings is 1. The first-order chi connectivity index (χ1) is 13.0. The van der Waals surface area contributed by atoms with Crippen molar-refractivity contribution in [1.29, 1.82) is 0 Å². The van der Waals surface area contributed by atoms with Crippen molar-refractivity contribution in [3.63, 3.8) is 0 Å². The molecule has 2 rings (SSSR count). The van der Waals surface area contributed by atoms with E-state index in [4.69, 9.17) is 0 Å². The van der Waals surface area contributed by atoms with E-state index < -0.39 is 10.0 Å². The molecule has 0 radical (unpaired) electrons. The normalized spacial score (nSPS) is 22.5. The van der Waals surface area contributed by atoms with Gasteiger partial charge in [-0.2, -0.15) is 11.8 Å². The smallest absolute Gasteiger partial charge is 0.215 e. The lowest BCUT2D eigenvalue weighted by Crippen LogP contribution is -2.44. The Kier molecular flexibility index (Phi) is 13.4. The molecule has 2 aliphatic heterocycles. The molecule has 0 bridgehead atoms.